The Kier molecular flexibility index (Phi) is 8.87. The molecule has 1 aliphatic heterocycles. The van der Waals surface area contributed by atoms with Crippen molar-refractivity contribution in [3.63, 3.8) is 0 Å². The fraction of sp³-hybridized carbons (Fsp3) is 0.229. The summed E-state index contributed by atoms with van der Waals surface area (Å²) in [5, 5.41) is 51.5. The first-order valence-corrected chi connectivity index (χ1v) is 14.1. The molecule has 8 heteroatoms. The van der Waals surface area contributed by atoms with Gasteiger partial charge in [0.25, 0.3) is 0 Å². The topological polar surface area (TPSA) is 137 Å². The molecule has 43 heavy (non-hydrogen) atoms. The minimum absolute atomic E-state index is 0.0433. The highest BCUT2D eigenvalue weighted by Gasteiger charge is 2.36. The Morgan fingerprint density at radius 2 is 1.51 bits per heavy atom. The summed E-state index contributed by atoms with van der Waals surface area (Å²) in [6, 6.07) is 21.3. The third-order valence-corrected chi connectivity index (χ3v) is 7.67. The lowest BCUT2D eigenvalue weighted by Gasteiger charge is -2.31. The van der Waals surface area contributed by atoms with E-state index >= 15 is 0 Å². The molecule has 4 aromatic rings. The summed E-state index contributed by atoms with van der Waals surface area (Å²) >= 11 is 0. The maximum absolute atomic E-state index is 13.5. The molecule has 0 saturated heterocycles. The minimum Gasteiger partial charge on any atom is -0.508 e. The minimum atomic E-state index is -0.785. The van der Waals surface area contributed by atoms with Crippen molar-refractivity contribution in [2.45, 2.75) is 43.8 Å². The van der Waals surface area contributed by atoms with E-state index in [9.17, 15) is 30.3 Å². The summed E-state index contributed by atoms with van der Waals surface area (Å²) in [5.41, 5.74) is 3.03. The van der Waals surface area contributed by atoms with Crippen LogP contribution in [0.3, 0.4) is 0 Å². The Balaban J connectivity index is 1.53. The van der Waals surface area contributed by atoms with Gasteiger partial charge in [0.1, 0.15) is 46.2 Å². The SMILES string of the molecule is COc1cc(O)c([C@H](/C=C/c2ccc(O)cc2)C[C@@H](O)CCc2ccc(O)cc2)c2c1C(=O)C[C@H](c1ccc(O)cc1)O2. The van der Waals surface area contributed by atoms with E-state index in [-0.39, 0.29) is 58.7 Å². The van der Waals surface area contributed by atoms with E-state index in [1.54, 1.807) is 60.7 Å². The van der Waals surface area contributed by atoms with Gasteiger partial charge in [-0.2, -0.15) is 0 Å². The number of ether oxygens (including phenoxy) is 2. The van der Waals surface area contributed by atoms with Crippen LogP contribution in [0, 0.1) is 0 Å². The second-order valence-corrected chi connectivity index (χ2v) is 10.7. The molecule has 3 atom stereocenters. The van der Waals surface area contributed by atoms with Gasteiger partial charge in [-0.25, -0.2) is 0 Å². The summed E-state index contributed by atoms with van der Waals surface area (Å²) in [7, 11) is 1.42. The average Bonchev–Trinajstić information content (AvgIpc) is 2.99. The van der Waals surface area contributed by atoms with Crippen LogP contribution in [0.5, 0.6) is 34.5 Å². The van der Waals surface area contributed by atoms with E-state index in [1.807, 2.05) is 12.2 Å². The number of hydrogen-bond acceptors (Lipinski definition) is 8. The normalized spacial score (nSPS) is 16.0. The van der Waals surface area contributed by atoms with Gasteiger partial charge < -0.3 is 35.0 Å². The third-order valence-electron chi connectivity index (χ3n) is 7.67. The Morgan fingerprint density at radius 3 is 2.14 bits per heavy atom. The molecule has 0 aromatic heterocycles. The molecule has 222 valence electrons. The van der Waals surface area contributed by atoms with Crippen LogP contribution in [0.4, 0.5) is 0 Å². The number of allylic oxidation sites excluding steroid dienone is 1. The zero-order chi connectivity index (χ0) is 30.5. The fourth-order valence-corrected chi connectivity index (χ4v) is 5.38. The van der Waals surface area contributed by atoms with Crippen LogP contribution in [0.1, 0.15) is 63.9 Å². The van der Waals surface area contributed by atoms with E-state index < -0.39 is 18.1 Å². The molecule has 1 heterocycles. The van der Waals surface area contributed by atoms with Crippen molar-refractivity contribution in [3.8, 4) is 34.5 Å². The molecule has 1 aliphatic rings. The first-order valence-electron chi connectivity index (χ1n) is 14.1. The predicted octanol–water partition coefficient (Wildman–Crippen LogP) is 6.40. The highest BCUT2D eigenvalue weighted by Crippen LogP contribution is 2.49. The predicted molar refractivity (Wildman–Crippen MR) is 162 cm³/mol. The maximum atomic E-state index is 13.5. The van der Waals surface area contributed by atoms with Crippen LogP contribution < -0.4 is 9.47 Å². The average molecular weight is 583 g/mol. The molecule has 0 fully saturated rings. The molecule has 0 aliphatic carbocycles. The second-order valence-electron chi connectivity index (χ2n) is 10.7. The molecule has 5 rings (SSSR count). The number of methoxy groups -OCH3 is 1. The number of Topliss-reactive ketones (excluding diaryl/α,β-unsaturated/α-hetero) is 1. The monoisotopic (exact) mass is 582 g/mol. The lowest BCUT2D eigenvalue weighted by atomic mass is 9.85. The van der Waals surface area contributed by atoms with Gasteiger partial charge in [-0.3, -0.25) is 4.79 Å². The number of aliphatic hydroxyl groups excluding tert-OH is 1. The van der Waals surface area contributed by atoms with Gasteiger partial charge in [0.2, 0.25) is 0 Å². The van der Waals surface area contributed by atoms with Gasteiger partial charge in [0, 0.05) is 17.5 Å². The molecule has 8 nitrogen and oxygen atoms in total. The fourth-order valence-electron chi connectivity index (χ4n) is 5.38. The summed E-state index contributed by atoms with van der Waals surface area (Å²) in [6.07, 6.45) is 3.47. The second kappa shape index (κ2) is 12.9. The van der Waals surface area contributed by atoms with Crippen molar-refractivity contribution < 1.29 is 39.8 Å². The van der Waals surface area contributed by atoms with E-state index in [2.05, 4.69) is 0 Å². The molecular weight excluding hydrogens is 548 g/mol. The Labute approximate surface area is 249 Å². The number of aryl methyl sites for hydroxylation is 1. The number of rotatable bonds is 10. The van der Waals surface area contributed by atoms with Crippen LogP contribution in [-0.4, -0.2) is 44.5 Å². The molecule has 0 spiro atoms. The summed E-state index contributed by atoms with van der Waals surface area (Å²) in [6.45, 7) is 0. The van der Waals surface area contributed by atoms with Crippen LogP contribution >= 0.6 is 0 Å². The lowest BCUT2D eigenvalue weighted by molar-refractivity contribution is 0.0840. The summed E-state index contributed by atoms with van der Waals surface area (Å²) in [5.74, 6) is -0.151. The zero-order valence-electron chi connectivity index (χ0n) is 23.7. The van der Waals surface area contributed by atoms with Crippen molar-refractivity contribution in [1.82, 2.24) is 0 Å². The number of phenolic OH excluding ortho intramolecular Hbond substituents is 4. The quantitative estimate of drug-likeness (QED) is 0.145. The van der Waals surface area contributed by atoms with E-state index in [4.69, 9.17) is 9.47 Å². The standard InChI is InChI=1S/C35H34O8/c1-42-32-20-29(40)33(35-34(32)30(41)19-31(43-35)23-9-16-27(38)17-10-23)24(8-2-21-3-11-25(36)12-4-21)18-28(39)15-7-22-5-13-26(37)14-6-22/h2-6,8-14,16-17,20,24,28,31,36-40H,7,15,18-19H2,1H3/b8-2+/t24-,28+,31-/m1/s1. The zero-order valence-corrected chi connectivity index (χ0v) is 23.7. The van der Waals surface area contributed by atoms with Gasteiger partial charge in [-0.05, 0) is 72.4 Å². The smallest absolute Gasteiger partial charge is 0.174 e. The number of carbonyl (C=O) groups is 1. The van der Waals surface area contributed by atoms with E-state index in [0.29, 0.717) is 24.0 Å². The van der Waals surface area contributed by atoms with Crippen LogP contribution in [0.15, 0.2) is 84.9 Å². The van der Waals surface area contributed by atoms with Crippen molar-refractivity contribution in [2.75, 3.05) is 7.11 Å². The number of fused-ring (bicyclic) bond motifs is 1. The summed E-state index contributed by atoms with van der Waals surface area (Å²) < 4.78 is 11.9. The molecule has 5 N–H and O–H groups in total. The molecule has 4 aromatic carbocycles. The first kappa shape index (κ1) is 29.5. The molecule has 0 saturated carbocycles. The molecule has 0 bridgehead atoms. The Bertz CT molecular complexity index is 1590. The molecule has 0 amide bonds. The van der Waals surface area contributed by atoms with Gasteiger partial charge in [-0.1, -0.05) is 48.6 Å². The highest BCUT2D eigenvalue weighted by atomic mass is 16.5. The van der Waals surface area contributed by atoms with Crippen molar-refractivity contribution in [2.24, 2.45) is 0 Å². The van der Waals surface area contributed by atoms with Crippen molar-refractivity contribution in [3.05, 3.63) is 113 Å². The Hall–Kier alpha value is -4.95. The number of benzene rings is 4. The maximum Gasteiger partial charge on any atom is 0.174 e. The van der Waals surface area contributed by atoms with Crippen LogP contribution in [0.25, 0.3) is 6.08 Å². The van der Waals surface area contributed by atoms with Gasteiger partial charge in [-0.15, -0.1) is 0 Å². The molecule has 0 unspecified atom stereocenters. The van der Waals surface area contributed by atoms with E-state index in [0.717, 1.165) is 11.1 Å². The number of carbonyl (C=O) groups excluding carboxylic acids is 1. The van der Waals surface area contributed by atoms with Crippen LogP contribution in [-0.2, 0) is 6.42 Å². The number of aliphatic hydroxyl groups is 1. The van der Waals surface area contributed by atoms with Crippen molar-refractivity contribution >= 4 is 11.9 Å². The summed E-state index contributed by atoms with van der Waals surface area (Å²) in [4.78, 5) is 13.5. The lowest BCUT2D eigenvalue weighted by Crippen LogP contribution is -2.23. The van der Waals surface area contributed by atoms with E-state index in [1.165, 1.54) is 25.3 Å². The number of aromatic hydroxyl groups is 4. The largest absolute Gasteiger partial charge is 0.508 e. The van der Waals surface area contributed by atoms with Crippen molar-refractivity contribution in [1.29, 1.82) is 0 Å². The molecular formula is C35H34O8. The first-order chi connectivity index (χ1) is 20.7. The molecule has 0 radical (unpaired) electrons. The third kappa shape index (κ3) is 6.93. The van der Waals surface area contributed by atoms with Crippen LogP contribution in [0.2, 0.25) is 0 Å². The highest BCUT2D eigenvalue weighted by molar-refractivity contribution is 6.03. The number of ketones is 1. The van der Waals surface area contributed by atoms with Gasteiger partial charge in [0.05, 0.1) is 19.6 Å². The Morgan fingerprint density at radius 1 is 0.907 bits per heavy atom. The number of hydrogen-bond donors (Lipinski definition) is 5. The number of phenols is 4. The van der Waals surface area contributed by atoms with Gasteiger partial charge in [0.15, 0.2) is 5.78 Å². The van der Waals surface area contributed by atoms with Gasteiger partial charge >= 0.3 is 0 Å².